The summed E-state index contributed by atoms with van der Waals surface area (Å²) in [6.07, 6.45) is 5.23. The van der Waals surface area contributed by atoms with Gasteiger partial charge in [0.2, 0.25) is 0 Å². The molecule has 1 N–H and O–H groups in total. The van der Waals surface area contributed by atoms with Crippen molar-refractivity contribution in [1.29, 1.82) is 0 Å². The first kappa shape index (κ1) is 21.4. The van der Waals surface area contributed by atoms with Crippen LogP contribution in [0.2, 0.25) is 10.0 Å². The van der Waals surface area contributed by atoms with Crippen LogP contribution in [0.3, 0.4) is 0 Å². The van der Waals surface area contributed by atoms with Gasteiger partial charge in [-0.1, -0.05) is 23.2 Å². The Morgan fingerprint density at radius 3 is 2.90 bits per heavy atom. The normalized spacial score (nSPS) is 15.1. The number of furan rings is 1. The number of carbonyl (C=O) groups is 1. The van der Waals surface area contributed by atoms with Gasteiger partial charge in [-0.15, -0.1) is 0 Å². The van der Waals surface area contributed by atoms with Crippen LogP contribution in [0.5, 0.6) is 5.75 Å². The summed E-state index contributed by atoms with van der Waals surface area (Å²) in [6.45, 7) is 3.27. The van der Waals surface area contributed by atoms with E-state index in [1.54, 1.807) is 47.3 Å². The zero-order valence-corrected chi connectivity index (χ0v) is 18.8. The van der Waals surface area contributed by atoms with Crippen LogP contribution in [0.4, 0.5) is 0 Å². The van der Waals surface area contributed by atoms with Gasteiger partial charge in [0.1, 0.15) is 29.6 Å². The van der Waals surface area contributed by atoms with E-state index in [2.05, 4.69) is 10.4 Å². The lowest BCUT2D eigenvalue weighted by Gasteiger charge is -2.12. The van der Waals surface area contributed by atoms with E-state index in [-0.39, 0.29) is 12.5 Å². The molecular formula is C21H18Cl2N4O3S. The van der Waals surface area contributed by atoms with Crippen LogP contribution in [0.15, 0.2) is 52.8 Å². The maximum absolute atomic E-state index is 12.8. The molecule has 1 saturated heterocycles. The average Bonchev–Trinajstić information content (AvgIpc) is 3.46. The summed E-state index contributed by atoms with van der Waals surface area (Å²) >= 11 is 17.4. The second-order valence-electron chi connectivity index (χ2n) is 6.75. The van der Waals surface area contributed by atoms with E-state index >= 15 is 0 Å². The number of amides is 1. The second-order valence-corrected chi connectivity index (χ2v) is 7.98. The number of halogens is 2. The van der Waals surface area contributed by atoms with E-state index in [0.717, 1.165) is 12.1 Å². The van der Waals surface area contributed by atoms with Crippen molar-refractivity contribution in [3.05, 3.63) is 75.6 Å². The average molecular weight is 477 g/mol. The zero-order chi connectivity index (χ0) is 22.0. The summed E-state index contributed by atoms with van der Waals surface area (Å²) in [6, 6.07) is 8.49. The number of ether oxygens (including phenoxy) is 1. The van der Waals surface area contributed by atoms with Crippen LogP contribution in [-0.2, 0) is 24.5 Å². The van der Waals surface area contributed by atoms with Crippen molar-refractivity contribution in [1.82, 2.24) is 20.0 Å². The first-order valence-electron chi connectivity index (χ1n) is 9.45. The molecule has 0 bridgehead atoms. The molecule has 4 rings (SSSR count). The van der Waals surface area contributed by atoms with Gasteiger partial charge in [0.15, 0.2) is 5.11 Å². The second kappa shape index (κ2) is 9.13. The van der Waals surface area contributed by atoms with Gasteiger partial charge < -0.3 is 14.5 Å². The molecule has 0 spiro atoms. The molecule has 3 aromatic rings. The third-order valence-corrected chi connectivity index (χ3v) is 5.42. The quantitative estimate of drug-likeness (QED) is 0.395. The fourth-order valence-corrected chi connectivity index (χ4v) is 3.58. The smallest absolute Gasteiger partial charge is 0.276 e. The molecule has 1 amide bonds. The molecule has 0 radical (unpaired) electrons. The van der Waals surface area contributed by atoms with Crippen LogP contribution < -0.4 is 10.1 Å². The maximum atomic E-state index is 12.8. The third-order valence-electron chi connectivity index (χ3n) is 4.55. The summed E-state index contributed by atoms with van der Waals surface area (Å²) in [5.41, 5.74) is 1.24. The molecule has 31 heavy (non-hydrogen) atoms. The molecule has 160 valence electrons. The highest BCUT2D eigenvalue weighted by Crippen LogP contribution is 2.28. The fraction of sp³-hybridized carbons (Fsp3) is 0.190. The van der Waals surface area contributed by atoms with Crippen molar-refractivity contribution in [2.24, 2.45) is 0 Å². The Morgan fingerprint density at radius 2 is 2.13 bits per heavy atom. The highest BCUT2D eigenvalue weighted by molar-refractivity contribution is 7.80. The number of thiocarbonyl (C=S) groups is 1. The third kappa shape index (κ3) is 4.92. The Labute approximate surface area is 194 Å². The van der Waals surface area contributed by atoms with E-state index in [1.165, 1.54) is 4.90 Å². The standard InChI is InChI=1S/C21H18Cl2N4O3S/c1-2-26-10-13(9-24-26)11-27-20(28)18(25-21(27)31)8-15-4-5-16(30-15)12-29-19-7-14(22)3-6-17(19)23/h3-10H,2,11-12H2,1H3,(H,25,31)/b18-8+. The summed E-state index contributed by atoms with van der Waals surface area (Å²) in [4.78, 5) is 14.3. The summed E-state index contributed by atoms with van der Waals surface area (Å²) in [7, 11) is 0. The van der Waals surface area contributed by atoms with Crippen molar-refractivity contribution in [2.75, 3.05) is 0 Å². The van der Waals surface area contributed by atoms with Crippen molar-refractivity contribution >= 4 is 52.5 Å². The first-order valence-corrected chi connectivity index (χ1v) is 10.6. The van der Waals surface area contributed by atoms with E-state index < -0.39 is 0 Å². The Balaban J connectivity index is 1.42. The van der Waals surface area contributed by atoms with Crippen LogP contribution in [-0.4, -0.2) is 25.7 Å². The molecule has 0 aliphatic carbocycles. The van der Waals surface area contributed by atoms with Crippen LogP contribution in [0.1, 0.15) is 24.0 Å². The SMILES string of the molecule is CCn1cc(CN2C(=O)/C(=C\c3ccc(COc4cc(Cl)ccc4Cl)o3)NC2=S)cn1. The molecule has 1 aliphatic heterocycles. The van der Waals surface area contributed by atoms with E-state index in [4.69, 9.17) is 44.6 Å². The molecule has 7 nitrogen and oxygen atoms in total. The van der Waals surface area contributed by atoms with Crippen LogP contribution in [0, 0.1) is 0 Å². The van der Waals surface area contributed by atoms with E-state index in [9.17, 15) is 4.79 Å². The molecule has 3 heterocycles. The van der Waals surface area contributed by atoms with Crippen LogP contribution >= 0.6 is 35.4 Å². The molecule has 1 aromatic carbocycles. The van der Waals surface area contributed by atoms with Gasteiger partial charge in [0.05, 0.1) is 17.8 Å². The minimum absolute atomic E-state index is 0.163. The van der Waals surface area contributed by atoms with Crippen LogP contribution in [0.25, 0.3) is 6.08 Å². The highest BCUT2D eigenvalue weighted by atomic mass is 35.5. The summed E-state index contributed by atoms with van der Waals surface area (Å²) < 4.78 is 13.2. The van der Waals surface area contributed by atoms with Gasteiger partial charge in [-0.05, 0) is 43.4 Å². The molecule has 10 heteroatoms. The van der Waals surface area contributed by atoms with Crippen molar-refractivity contribution in [3.63, 3.8) is 0 Å². The Kier molecular flexibility index (Phi) is 6.31. The zero-order valence-electron chi connectivity index (χ0n) is 16.5. The van der Waals surface area contributed by atoms with E-state index in [0.29, 0.717) is 44.7 Å². The summed E-state index contributed by atoms with van der Waals surface area (Å²) in [5.74, 6) is 1.30. The lowest BCUT2D eigenvalue weighted by molar-refractivity contribution is -0.122. The van der Waals surface area contributed by atoms with Gasteiger partial charge in [-0.2, -0.15) is 5.10 Å². The monoisotopic (exact) mass is 476 g/mol. The van der Waals surface area contributed by atoms with Gasteiger partial charge in [0, 0.05) is 35.5 Å². The minimum Gasteiger partial charge on any atom is -0.484 e. The largest absolute Gasteiger partial charge is 0.484 e. The predicted molar refractivity (Wildman–Crippen MR) is 122 cm³/mol. The number of aromatic nitrogens is 2. The predicted octanol–water partition coefficient (Wildman–Crippen LogP) is 4.64. The number of nitrogens with zero attached hydrogens (tertiary/aromatic N) is 3. The number of hydrogen-bond donors (Lipinski definition) is 1. The highest BCUT2D eigenvalue weighted by Gasteiger charge is 2.31. The molecule has 1 aliphatic rings. The van der Waals surface area contributed by atoms with Crippen molar-refractivity contribution in [3.8, 4) is 5.75 Å². The minimum atomic E-state index is -0.228. The molecule has 0 saturated carbocycles. The number of rotatable bonds is 7. The Morgan fingerprint density at radius 1 is 1.29 bits per heavy atom. The van der Waals surface area contributed by atoms with Gasteiger partial charge in [-0.25, -0.2) is 0 Å². The lowest BCUT2D eigenvalue weighted by atomic mass is 10.3. The Bertz CT molecular complexity index is 1170. The topological polar surface area (TPSA) is 72.5 Å². The van der Waals surface area contributed by atoms with Gasteiger partial charge in [0.25, 0.3) is 5.91 Å². The molecule has 2 aromatic heterocycles. The van der Waals surface area contributed by atoms with E-state index in [1.807, 2.05) is 13.1 Å². The Hall–Kier alpha value is -2.81. The maximum Gasteiger partial charge on any atom is 0.276 e. The number of nitrogens with one attached hydrogen (secondary N) is 1. The molecule has 0 unspecified atom stereocenters. The number of hydrogen-bond acceptors (Lipinski definition) is 5. The number of carbonyl (C=O) groups excluding carboxylic acids is 1. The molecule has 0 atom stereocenters. The van der Waals surface area contributed by atoms with Gasteiger partial charge in [-0.3, -0.25) is 14.4 Å². The molecule has 1 fully saturated rings. The molecular weight excluding hydrogens is 459 g/mol. The lowest BCUT2D eigenvalue weighted by Crippen LogP contribution is -2.29. The summed E-state index contributed by atoms with van der Waals surface area (Å²) in [5, 5.41) is 8.49. The number of benzene rings is 1. The number of aryl methyl sites for hydroxylation is 1. The van der Waals surface area contributed by atoms with Crippen molar-refractivity contribution < 1.29 is 13.9 Å². The first-order chi connectivity index (χ1) is 14.9. The van der Waals surface area contributed by atoms with Crippen molar-refractivity contribution in [2.45, 2.75) is 26.6 Å². The van der Waals surface area contributed by atoms with Gasteiger partial charge >= 0.3 is 0 Å². The fourth-order valence-electron chi connectivity index (χ4n) is 2.99.